The number of benzene rings is 3. The number of nitrogens with one attached hydrogen (secondary N) is 2. The summed E-state index contributed by atoms with van der Waals surface area (Å²) in [6, 6.07) is 17.7. The Labute approximate surface area is 160 Å². The number of hydrogen-bond acceptors (Lipinski definition) is 3. The van der Waals surface area contributed by atoms with E-state index in [2.05, 4.69) is 10.0 Å². The number of rotatable bonds is 5. The average molecular weight is 405 g/mol. The van der Waals surface area contributed by atoms with Crippen molar-refractivity contribution in [3.05, 3.63) is 89.2 Å². The molecule has 27 heavy (non-hydrogen) atoms. The predicted octanol–water partition coefficient (Wildman–Crippen LogP) is 4.53. The van der Waals surface area contributed by atoms with Gasteiger partial charge in [0.25, 0.3) is 15.9 Å². The second-order valence-electron chi connectivity index (χ2n) is 5.58. The Kier molecular flexibility index (Phi) is 5.43. The number of carbonyl (C=O) groups excluding carboxylic acids is 1. The second kappa shape index (κ2) is 7.77. The molecular weight excluding hydrogens is 391 g/mol. The van der Waals surface area contributed by atoms with Crippen LogP contribution in [0.2, 0.25) is 5.02 Å². The Bertz CT molecular complexity index is 1070. The zero-order valence-electron chi connectivity index (χ0n) is 13.8. The van der Waals surface area contributed by atoms with E-state index in [4.69, 9.17) is 11.6 Å². The monoisotopic (exact) mass is 404 g/mol. The highest BCUT2D eigenvalue weighted by molar-refractivity contribution is 7.92. The van der Waals surface area contributed by atoms with Crippen LogP contribution < -0.4 is 10.0 Å². The highest BCUT2D eigenvalue weighted by atomic mass is 35.5. The molecule has 0 aliphatic carbocycles. The molecule has 3 aromatic rings. The smallest absolute Gasteiger partial charge is 0.261 e. The summed E-state index contributed by atoms with van der Waals surface area (Å²) in [5, 5.41) is 2.49. The standard InChI is InChI=1S/C19H14ClFN2O3S/c20-17-12-15(10-11-18(17)21)22-19(24)13-6-8-14(9-7-13)23-27(25,26)16-4-2-1-3-5-16/h1-12,23H,(H,22,24). The fourth-order valence-electron chi connectivity index (χ4n) is 2.28. The van der Waals surface area contributed by atoms with Crippen LogP contribution >= 0.6 is 11.6 Å². The molecule has 0 unspecified atom stereocenters. The minimum atomic E-state index is -3.70. The van der Waals surface area contributed by atoms with Crippen molar-refractivity contribution in [2.45, 2.75) is 4.90 Å². The Hall–Kier alpha value is -2.90. The summed E-state index contributed by atoms with van der Waals surface area (Å²) >= 11 is 5.68. The number of carbonyl (C=O) groups is 1. The molecule has 0 fully saturated rings. The van der Waals surface area contributed by atoms with Crippen LogP contribution in [-0.4, -0.2) is 14.3 Å². The molecule has 5 nitrogen and oxygen atoms in total. The summed E-state index contributed by atoms with van der Waals surface area (Å²) in [6.45, 7) is 0. The van der Waals surface area contributed by atoms with Crippen molar-refractivity contribution in [1.82, 2.24) is 0 Å². The number of hydrogen-bond donors (Lipinski definition) is 2. The van der Waals surface area contributed by atoms with Gasteiger partial charge in [-0.25, -0.2) is 12.8 Å². The molecule has 1 amide bonds. The molecule has 0 heterocycles. The van der Waals surface area contributed by atoms with E-state index in [-0.39, 0.29) is 9.92 Å². The van der Waals surface area contributed by atoms with E-state index in [0.717, 1.165) is 6.07 Å². The lowest BCUT2D eigenvalue weighted by molar-refractivity contribution is 0.102. The van der Waals surface area contributed by atoms with Crippen LogP contribution in [0.5, 0.6) is 0 Å². The molecule has 0 radical (unpaired) electrons. The Morgan fingerprint density at radius 3 is 2.15 bits per heavy atom. The molecule has 0 bridgehead atoms. The second-order valence-corrected chi connectivity index (χ2v) is 7.67. The molecule has 0 atom stereocenters. The normalized spacial score (nSPS) is 11.0. The van der Waals surface area contributed by atoms with Gasteiger partial charge >= 0.3 is 0 Å². The number of halogens is 2. The maximum absolute atomic E-state index is 13.2. The van der Waals surface area contributed by atoms with Gasteiger partial charge in [-0.2, -0.15) is 0 Å². The zero-order valence-corrected chi connectivity index (χ0v) is 15.4. The van der Waals surface area contributed by atoms with E-state index in [1.807, 2.05) is 0 Å². The van der Waals surface area contributed by atoms with E-state index in [1.54, 1.807) is 18.2 Å². The highest BCUT2D eigenvalue weighted by Gasteiger charge is 2.14. The lowest BCUT2D eigenvalue weighted by Crippen LogP contribution is -2.14. The van der Waals surface area contributed by atoms with Crippen LogP contribution in [0.4, 0.5) is 15.8 Å². The van der Waals surface area contributed by atoms with Gasteiger partial charge in [0.1, 0.15) is 5.82 Å². The fourth-order valence-corrected chi connectivity index (χ4v) is 3.54. The van der Waals surface area contributed by atoms with Gasteiger partial charge in [-0.15, -0.1) is 0 Å². The lowest BCUT2D eigenvalue weighted by Gasteiger charge is -2.09. The van der Waals surface area contributed by atoms with E-state index in [1.165, 1.54) is 48.5 Å². The van der Waals surface area contributed by atoms with Gasteiger partial charge < -0.3 is 5.32 Å². The third-order valence-electron chi connectivity index (χ3n) is 3.63. The van der Waals surface area contributed by atoms with Gasteiger partial charge in [0, 0.05) is 16.9 Å². The number of amides is 1. The third kappa shape index (κ3) is 4.64. The molecule has 2 N–H and O–H groups in total. The summed E-state index contributed by atoms with van der Waals surface area (Å²) < 4.78 is 40.2. The molecule has 3 aromatic carbocycles. The van der Waals surface area contributed by atoms with Crippen molar-refractivity contribution in [2.75, 3.05) is 10.0 Å². The lowest BCUT2D eigenvalue weighted by atomic mass is 10.2. The SMILES string of the molecule is O=C(Nc1ccc(F)c(Cl)c1)c1ccc(NS(=O)(=O)c2ccccc2)cc1. The third-order valence-corrected chi connectivity index (χ3v) is 5.32. The maximum Gasteiger partial charge on any atom is 0.261 e. The molecule has 8 heteroatoms. The van der Waals surface area contributed by atoms with Crippen molar-refractivity contribution in [3.8, 4) is 0 Å². The Morgan fingerprint density at radius 1 is 0.889 bits per heavy atom. The molecule has 0 saturated carbocycles. The predicted molar refractivity (Wildman–Crippen MR) is 103 cm³/mol. The van der Waals surface area contributed by atoms with Crippen LogP contribution in [0.1, 0.15) is 10.4 Å². The van der Waals surface area contributed by atoms with E-state index >= 15 is 0 Å². The fraction of sp³-hybridized carbons (Fsp3) is 0. The summed E-state index contributed by atoms with van der Waals surface area (Å²) in [5.41, 5.74) is 0.971. The Morgan fingerprint density at radius 2 is 1.52 bits per heavy atom. The zero-order chi connectivity index (χ0) is 19.4. The number of sulfonamides is 1. The minimum absolute atomic E-state index is 0.0986. The summed E-state index contributed by atoms with van der Waals surface area (Å²) in [5.74, 6) is -1.01. The van der Waals surface area contributed by atoms with Gasteiger partial charge in [0.15, 0.2) is 0 Å². The molecule has 3 rings (SSSR count). The first-order chi connectivity index (χ1) is 12.8. The molecule has 0 aliphatic rings. The molecule has 0 saturated heterocycles. The van der Waals surface area contributed by atoms with Gasteiger partial charge in [-0.05, 0) is 54.6 Å². The van der Waals surface area contributed by atoms with E-state index in [9.17, 15) is 17.6 Å². The first-order valence-corrected chi connectivity index (χ1v) is 9.65. The van der Waals surface area contributed by atoms with Crippen LogP contribution in [0, 0.1) is 5.82 Å². The molecule has 0 aliphatic heterocycles. The van der Waals surface area contributed by atoms with Crippen LogP contribution in [0.25, 0.3) is 0 Å². The first-order valence-electron chi connectivity index (χ1n) is 7.79. The molecule has 0 spiro atoms. The maximum atomic E-state index is 13.2. The van der Waals surface area contributed by atoms with Crippen LogP contribution in [-0.2, 0) is 10.0 Å². The van der Waals surface area contributed by atoms with Crippen LogP contribution in [0.15, 0.2) is 77.7 Å². The van der Waals surface area contributed by atoms with Gasteiger partial charge in [0.2, 0.25) is 0 Å². The average Bonchev–Trinajstić information content (AvgIpc) is 2.66. The van der Waals surface area contributed by atoms with Crippen molar-refractivity contribution < 1.29 is 17.6 Å². The summed E-state index contributed by atoms with van der Waals surface area (Å²) in [7, 11) is -3.70. The summed E-state index contributed by atoms with van der Waals surface area (Å²) in [4.78, 5) is 12.4. The van der Waals surface area contributed by atoms with E-state index in [0.29, 0.717) is 16.9 Å². The largest absolute Gasteiger partial charge is 0.322 e. The van der Waals surface area contributed by atoms with Gasteiger partial charge in [-0.1, -0.05) is 29.8 Å². The molecule has 138 valence electrons. The van der Waals surface area contributed by atoms with Crippen molar-refractivity contribution in [3.63, 3.8) is 0 Å². The van der Waals surface area contributed by atoms with Crippen molar-refractivity contribution in [1.29, 1.82) is 0 Å². The quantitative estimate of drug-likeness (QED) is 0.655. The van der Waals surface area contributed by atoms with Crippen molar-refractivity contribution in [2.24, 2.45) is 0 Å². The highest BCUT2D eigenvalue weighted by Crippen LogP contribution is 2.21. The van der Waals surface area contributed by atoms with Gasteiger partial charge in [-0.3, -0.25) is 9.52 Å². The first kappa shape index (κ1) is 18.9. The number of anilines is 2. The minimum Gasteiger partial charge on any atom is -0.322 e. The molecule has 0 aromatic heterocycles. The van der Waals surface area contributed by atoms with E-state index < -0.39 is 21.7 Å². The Balaban J connectivity index is 1.71. The van der Waals surface area contributed by atoms with Crippen LogP contribution in [0.3, 0.4) is 0 Å². The summed E-state index contributed by atoms with van der Waals surface area (Å²) in [6.07, 6.45) is 0. The topological polar surface area (TPSA) is 75.3 Å². The molecular formula is C19H14ClFN2O3S. The van der Waals surface area contributed by atoms with Crippen molar-refractivity contribution >= 4 is 38.9 Å². The van der Waals surface area contributed by atoms with Gasteiger partial charge in [0.05, 0.1) is 9.92 Å².